The third-order valence-corrected chi connectivity index (χ3v) is 5.03. The van der Waals surface area contributed by atoms with E-state index in [1.807, 2.05) is 62.5 Å². The lowest BCUT2D eigenvalue weighted by Crippen LogP contribution is -2.13. The van der Waals surface area contributed by atoms with Gasteiger partial charge in [-0.3, -0.25) is 4.79 Å². The summed E-state index contributed by atoms with van der Waals surface area (Å²) < 4.78 is 2.08. The van der Waals surface area contributed by atoms with Crippen molar-refractivity contribution >= 4 is 34.0 Å². The highest BCUT2D eigenvalue weighted by atomic mass is 16.1. The average molecular weight is 385 g/mol. The van der Waals surface area contributed by atoms with Crippen LogP contribution < -0.4 is 16.4 Å². The zero-order valence-electron chi connectivity index (χ0n) is 16.4. The molecule has 1 amide bonds. The van der Waals surface area contributed by atoms with Crippen molar-refractivity contribution in [2.45, 2.75) is 13.5 Å². The van der Waals surface area contributed by atoms with Gasteiger partial charge in [-0.05, 0) is 55.0 Å². The molecule has 3 aromatic carbocycles. The molecule has 0 unspecified atom stereocenters. The number of benzene rings is 3. The largest absolute Gasteiger partial charge is 0.397 e. The van der Waals surface area contributed by atoms with Gasteiger partial charge in [-0.1, -0.05) is 24.3 Å². The maximum atomic E-state index is 12.4. The minimum Gasteiger partial charge on any atom is -0.397 e. The molecule has 0 saturated heterocycles. The number of hydrogen-bond acceptors (Lipinski definition) is 4. The number of nitrogens with two attached hydrogens (primary N) is 1. The van der Waals surface area contributed by atoms with Crippen LogP contribution in [0, 0.1) is 6.92 Å². The van der Waals surface area contributed by atoms with Gasteiger partial charge >= 0.3 is 0 Å². The second-order valence-corrected chi connectivity index (χ2v) is 7.01. The SMILES string of the molecule is Cc1nc2ccc(NCc3ccc(C(=O)Nc4ccccc4N)cc3)cc2n1C. The zero-order chi connectivity index (χ0) is 20.4. The predicted molar refractivity (Wildman–Crippen MR) is 118 cm³/mol. The zero-order valence-corrected chi connectivity index (χ0v) is 16.4. The molecule has 146 valence electrons. The van der Waals surface area contributed by atoms with Crippen molar-refractivity contribution in [1.29, 1.82) is 0 Å². The third-order valence-electron chi connectivity index (χ3n) is 5.03. The minimum absolute atomic E-state index is 0.181. The van der Waals surface area contributed by atoms with Crippen LogP contribution in [0.2, 0.25) is 0 Å². The van der Waals surface area contributed by atoms with Crippen molar-refractivity contribution in [1.82, 2.24) is 9.55 Å². The molecule has 0 saturated carbocycles. The summed E-state index contributed by atoms with van der Waals surface area (Å²) in [4.78, 5) is 16.9. The highest BCUT2D eigenvalue weighted by Crippen LogP contribution is 2.21. The number of fused-ring (bicyclic) bond motifs is 1. The van der Waals surface area contributed by atoms with E-state index in [2.05, 4.69) is 26.3 Å². The molecule has 4 aromatic rings. The van der Waals surface area contributed by atoms with Crippen LogP contribution in [-0.2, 0) is 13.6 Å². The van der Waals surface area contributed by atoms with Gasteiger partial charge in [-0.2, -0.15) is 0 Å². The molecular formula is C23H23N5O. The number of aromatic nitrogens is 2. The average Bonchev–Trinajstić information content (AvgIpc) is 3.02. The Hall–Kier alpha value is -3.80. The van der Waals surface area contributed by atoms with Gasteiger partial charge < -0.3 is 20.9 Å². The number of carbonyl (C=O) groups excluding carboxylic acids is 1. The Morgan fingerprint density at radius 1 is 1.07 bits per heavy atom. The van der Waals surface area contributed by atoms with Gasteiger partial charge in [0.1, 0.15) is 5.82 Å². The van der Waals surface area contributed by atoms with Gasteiger partial charge in [0, 0.05) is 24.8 Å². The van der Waals surface area contributed by atoms with Crippen molar-refractivity contribution in [2.24, 2.45) is 7.05 Å². The Morgan fingerprint density at radius 2 is 1.83 bits per heavy atom. The van der Waals surface area contributed by atoms with E-state index in [0.717, 1.165) is 28.1 Å². The Morgan fingerprint density at radius 3 is 2.59 bits per heavy atom. The van der Waals surface area contributed by atoms with Crippen molar-refractivity contribution in [3.8, 4) is 0 Å². The molecule has 0 aliphatic rings. The molecular weight excluding hydrogens is 362 g/mol. The molecule has 0 aliphatic heterocycles. The van der Waals surface area contributed by atoms with Crippen LogP contribution >= 0.6 is 0 Å². The van der Waals surface area contributed by atoms with E-state index in [0.29, 0.717) is 23.5 Å². The number of nitrogen functional groups attached to an aromatic ring is 1. The molecule has 0 radical (unpaired) electrons. The number of rotatable bonds is 5. The number of anilines is 3. The van der Waals surface area contributed by atoms with E-state index in [9.17, 15) is 4.79 Å². The molecule has 4 rings (SSSR count). The van der Waals surface area contributed by atoms with Crippen LogP contribution in [0.1, 0.15) is 21.7 Å². The second-order valence-electron chi connectivity index (χ2n) is 7.01. The van der Waals surface area contributed by atoms with E-state index in [1.54, 1.807) is 12.1 Å². The first-order chi connectivity index (χ1) is 14.0. The lowest BCUT2D eigenvalue weighted by atomic mass is 10.1. The lowest BCUT2D eigenvalue weighted by molar-refractivity contribution is 0.102. The fourth-order valence-corrected chi connectivity index (χ4v) is 3.20. The first-order valence-corrected chi connectivity index (χ1v) is 9.43. The standard InChI is InChI=1S/C23H23N5O/c1-15-26-21-12-11-18(13-22(21)28(15)2)25-14-16-7-9-17(10-8-16)23(29)27-20-6-4-3-5-19(20)24/h3-13,25H,14,24H2,1-2H3,(H,27,29). The summed E-state index contributed by atoms with van der Waals surface area (Å²) in [6, 6.07) is 20.9. The number of nitrogens with zero attached hydrogens (tertiary/aromatic N) is 2. The summed E-state index contributed by atoms with van der Waals surface area (Å²) in [5.41, 5.74) is 11.8. The fraction of sp³-hybridized carbons (Fsp3) is 0.130. The number of para-hydroxylation sites is 2. The molecule has 4 N–H and O–H groups in total. The molecule has 6 heteroatoms. The lowest BCUT2D eigenvalue weighted by Gasteiger charge is -2.10. The monoisotopic (exact) mass is 385 g/mol. The molecule has 1 heterocycles. The summed E-state index contributed by atoms with van der Waals surface area (Å²) in [5, 5.41) is 6.27. The maximum absolute atomic E-state index is 12.4. The van der Waals surface area contributed by atoms with E-state index in [-0.39, 0.29) is 5.91 Å². The van der Waals surface area contributed by atoms with Crippen LogP contribution in [-0.4, -0.2) is 15.5 Å². The topological polar surface area (TPSA) is 85.0 Å². The van der Waals surface area contributed by atoms with Crippen LogP contribution in [0.4, 0.5) is 17.1 Å². The van der Waals surface area contributed by atoms with Crippen molar-refractivity contribution in [2.75, 3.05) is 16.4 Å². The van der Waals surface area contributed by atoms with Gasteiger partial charge in [0.05, 0.1) is 22.4 Å². The van der Waals surface area contributed by atoms with E-state index in [4.69, 9.17) is 5.73 Å². The Bertz CT molecular complexity index is 1180. The molecule has 0 aliphatic carbocycles. The van der Waals surface area contributed by atoms with Crippen LogP contribution in [0.15, 0.2) is 66.7 Å². The summed E-state index contributed by atoms with van der Waals surface area (Å²) in [6.07, 6.45) is 0. The summed E-state index contributed by atoms with van der Waals surface area (Å²) in [7, 11) is 2.02. The van der Waals surface area contributed by atoms with Crippen LogP contribution in [0.3, 0.4) is 0 Å². The van der Waals surface area contributed by atoms with Crippen molar-refractivity contribution < 1.29 is 4.79 Å². The highest BCUT2D eigenvalue weighted by molar-refractivity contribution is 6.05. The smallest absolute Gasteiger partial charge is 0.255 e. The Balaban J connectivity index is 1.41. The Kier molecular flexibility index (Phi) is 4.91. The molecule has 0 atom stereocenters. The molecule has 0 fully saturated rings. The van der Waals surface area contributed by atoms with Gasteiger partial charge in [0.25, 0.3) is 5.91 Å². The third kappa shape index (κ3) is 3.91. The quantitative estimate of drug-likeness (QED) is 0.447. The first kappa shape index (κ1) is 18.6. The molecule has 29 heavy (non-hydrogen) atoms. The van der Waals surface area contributed by atoms with E-state index in [1.165, 1.54) is 0 Å². The molecule has 6 nitrogen and oxygen atoms in total. The van der Waals surface area contributed by atoms with Crippen molar-refractivity contribution in [3.05, 3.63) is 83.7 Å². The fourth-order valence-electron chi connectivity index (χ4n) is 3.20. The van der Waals surface area contributed by atoms with Crippen molar-refractivity contribution in [3.63, 3.8) is 0 Å². The molecule has 0 spiro atoms. The number of amides is 1. The highest BCUT2D eigenvalue weighted by Gasteiger charge is 2.08. The number of nitrogens with one attached hydrogen (secondary N) is 2. The summed E-state index contributed by atoms with van der Waals surface area (Å²) in [5.74, 6) is 0.808. The van der Waals surface area contributed by atoms with E-state index >= 15 is 0 Å². The number of hydrogen-bond donors (Lipinski definition) is 3. The number of carbonyl (C=O) groups is 1. The van der Waals surface area contributed by atoms with Crippen LogP contribution in [0.5, 0.6) is 0 Å². The van der Waals surface area contributed by atoms with Crippen LogP contribution in [0.25, 0.3) is 11.0 Å². The van der Waals surface area contributed by atoms with E-state index < -0.39 is 0 Å². The maximum Gasteiger partial charge on any atom is 0.255 e. The van der Waals surface area contributed by atoms with Gasteiger partial charge in [0.2, 0.25) is 0 Å². The predicted octanol–water partition coefficient (Wildman–Crippen LogP) is 4.33. The number of aryl methyl sites for hydroxylation is 2. The Labute approximate surface area is 169 Å². The summed E-state index contributed by atoms with van der Waals surface area (Å²) >= 11 is 0. The molecule has 1 aromatic heterocycles. The molecule has 0 bridgehead atoms. The van der Waals surface area contributed by atoms with Gasteiger partial charge in [0.15, 0.2) is 0 Å². The number of imidazole rings is 1. The summed E-state index contributed by atoms with van der Waals surface area (Å²) in [6.45, 7) is 2.66. The first-order valence-electron chi connectivity index (χ1n) is 9.43. The van der Waals surface area contributed by atoms with Gasteiger partial charge in [-0.15, -0.1) is 0 Å². The van der Waals surface area contributed by atoms with Gasteiger partial charge in [-0.25, -0.2) is 4.98 Å². The second kappa shape index (κ2) is 7.67. The minimum atomic E-state index is -0.181. The normalized spacial score (nSPS) is 10.8.